The predicted octanol–water partition coefficient (Wildman–Crippen LogP) is 1.16. The number of hydrogen-bond donors (Lipinski definition) is 1. The Morgan fingerprint density at radius 1 is 1.30 bits per heavy atom. The maximum Gasteiger partial charge on any atom is 0.128 e. The maximum atomic E-state index is 3.91. The molecule has 0 aliphatic rings. The van der Waals surface area contributed by atoms with Gasteiger partial charge in [0.2, 0.25) is 0 Å². The van der Waals surface area contributed by atoms with Gasteiger partial charge in [-0.25, -0.2) is 0 Å². The Kier molecular flexibility index (Phi) is 2.24. The zero-order chi connectivity index (χ0) is 7.40. The van der Waals surface area contributed by atoms with E-state index in [2.05, 4.69) is 24.4 Å². The Morgan fingerprint density at radius 2 is 1.90 bits per heavy atom. The van der Waals surface area contributed by atoms with E-state index in [0.717, 1.165) is 0 Å². The fourth-order valence-corrected chi connectivity index (χ4v) is 0.836. The summed E-state index contributed by atoms with van der Waals surface area (Å²) in [5.41, 5.74) is 5.13. The van der Waals surface area contributed by atoms with Crippen LogP contribution in [0.15, 0.2) is 43.0 Å². The standard InChI is InChI=1S/C9H11N/c1-2-9(10)8-6-4-3-5-7-8/h2-7,9H,1,10H2/p+1/t9-/m0/s1. The fraction of sp³-hybridized carbons (Fsp3) is 0.111. The molecule has 0 radical (unpaired) electrons. The molecular formula is C9H12N+. The second kappa shape index (κ2) is 3.18. The van der Waals surface area contributed by atoms with E-state index in [1.807, 2.05) is 24.3 Å². The highest BCUT2D eigenvalue weighted by Gasteiger charge is 2.00. The Bertz CT molecular complexity index is 203. The summed E-state index contributed by atoms with van der Waals surface area (Å²) in [6.07, 6.45) is 1.84. The van der Waals surface area contributed by atoms with Crippen molar-refractivity contribution in [2.45, 2.75) is 6.04 Å². The lowest BCUT2D eigenvalue weighted by Crippen LogP contribution is -2.52. The molecule has 0 aliphatic heterocycles. The van der Waals surface area contributed by atoms with Crippen LogP contribution in [0.25, 0.3) is 0 Å². The van der Waals surface area contributed by atoms with Crippen LogP contribution < -0.4 is 5.73 Å². The van der Waals surface area contributed by atoms with Crippen LogP contribution in [0.3, 0.4) is 0 Å². The van der Waals surface area contributed by atoms with Crippen LogP contribution in [0, 0.1) is 0 Å². The van der Waals surface area contributed by atoms with Crippen LogP contribution in [-0.4, -0.2) is 0 Å². The van der Waals surface area contributed by atoms with Crippen molar-refractivity contribution in [3.05, 3.63) is 48.6 Å². The molecule has 1 atom stereocenters. The summed E-state index contributed by atoms with van der Waals surface area (Å²) in [5, 5.41) is 0. The van der Waals surface area contributed by atoms with E-state index in [9.17, 15) is 0 Å². The summed E-state index contributed by atoms with van der Waals surface area (Å²) in [5.74, 6) is 0. The third-order valence-electron chi connectivity index (χ3n) is 1.51. The van der Waals surface area contributed by atoms with Crippen molar-refractivity contribution in [1.82, 2.24) is 0 Å². The highest BCUT2D eigenvalue weighted by atomic mass is 14.6. The average molecular weight is 134 g/mol. The molecule has 3 N–H and O–H groups in total. The molecule has 10 heavy (non-hydrogen) atoms. The van der Waals surface area contributed by atoms with Gasteiger partial charge in [0.1, 0.15) is 6.04 Å². The van der Waals surface area contributed by atoms with Crippen molar-refractivity contribution in [1.29, 1.82) is 0 Å². The van der Waals surface area contributed by atoms with Gasteiger partial charge in [0, 0.05) is 5.56 Å². The SMILES string of the molecule is C=C[C@H]([NH3+])c1ccccc1. The maximum absolute atomic E-state index is 3.91. The van der Waals surface area contributed by atoms with E-state index < -0.39 is 0 Å². The summed E-state index contributed by atoms with van der Waals surface area (Å²) in [6.45, 7) is 3.67. The van der Waals surface area contributed by atoms with E-state index in [-0.39, 0.29) is 6.04 Å². The Morgan fingerprint density at radius 3 is 2.40 bits per heavy atom. The smallest absolute Gasteiger partial charge is 0.128 e. The van der Waals surface area contributed by atoms with Gasteiger partial charge in [-0.1, -0.05) is 36.9 Å². The van der Waals surface area contributed by atoms with Gasteiger partial charge < -0.3 is 5.73 Å². The summed E-state index contributed by atoms with van der Waals surface area (Å²) >= 11 is 0. The monoisotopic (exact) mass is 134 g/mol. The van der Waals surface area contributed by atoms with Gasteiger partial charge in [-0.2, -0.15) is 0 Å². The molecule has 1 rings (SSSR count). The summed E-state index contributed by atoms with van der Waals surface area (Å²) in [6, 6.07) is 10.4. The second-order valence-corrected chi connectivity index (χ2v) is 2.25. The lowest BCUT2D eigenvalue weighted by atomic mass is 10.1. The predicted molar refractivity (Wildman–Crippen MR) is 42.3 cm³/mol. The van der Waals surface area contributed by atoms with Crippen molar-refractivity contribution < 1.29 is 5.73 Å². The molecule has 0 fully saturated rings. The summed E-state index contributed by atoms with van der Waals surface area (Å²) < 4.78 is 0. The van der Waals surface area contributed by atoms with Gasteiger partial charge in [0.15, 0.2) is 0 Å². The largest absolute Gasteiger partial charge is 0.348 e. The lowest BCUT2D eigenvalue weighted by molar-refractivity contribution is -0.409. The molecule has 0 bridgehead atoms. The average Bonchev–Trinajstić information content (AvgIpc) is 2.05. The van der Waals surface area contributed by atoms with Gasteiger partial charge in [-0.15, -0.1) is 0 Å². The van der Waals surface area contributed by atoms with Crippen LogP contribution in [0.5, 0.6) is 0 Å². The first-order chi connectivity index (χ1) is 4.84. The number of rotatable bonds is 2. The first-order valence-electron chi connectivity index (χ1n) is 3.35. The van der Waals surface area contributed by atoms with Crippen LogP contribution in [0.4, 0.5) is 0 Å². The molecular weight excluding hydrogens is 122 g/mol. The van der Waals surface area contributed by atoms with Crippen LogP contribution in [0.1, 0.15) is 11.6 Å². The number of benzene rings is 1. The van der Waals surface area contributed by atoms with Crippen molar-refractivity contribution in [2.75, 3.05) is 0 Å². The van der Waals surface area contributed by atoms with Crippen molar-refractivity contribution in [2.24, 2.45) is 0 Å². The minimum Gasteiger partial charge on any atom is -0.348 e. The third kappa shape index (κ3) is 1.45. The topological polar surface area (TPSA) is 27.6 Å². The van der Waals surface area contributed by atoms with Crippen molar-refractivity contribution in [3.63, 3.8) is 0 Å². The Balaban J connectivity index is 2.84. The first-order valence-corrected chi connectivity index (χ1v) is 3.35. The molecule has 0 aromatic heterocycles. The molecule has 0 heterocycles. The van der Waals surface area contributed by atoms with E-state index in [1.165, 1.54) is 5.56 Å². The minimum atomic E-state index is 0.223. The summed E-state index contributed by atoms with van der Waals surface area (Å²) in [7, 11) is 0. The number of quaternary nitrogens is 1. The Hall–Kier alpha value is -1.08. The van der Waals surface area contributed by atoms with Crippen molar-refractivity contribution >= 4 is 0 Å². The second-order valence-electron chi connectivity index (χ2n) is 2.25. The Labute approximate surface area is 61.2 Å². The summed E-state index contributed by atoms with van der Waals surface area (Å²) in [4.78, 5) is 0. The van der Waals surface area contributed by atoms with Gasteiger partial charge in [0.25, 0.3) is 0 Å². The quantitative estimate of drug-likeness (QED) is 0.588. The zero-order valence-corrected chi connectivity index (χ0v) is 5.96. The van der Waals surface area contributed by atoms with Crippen LogP contribution >= 0.6 is 0 Å². The molecule has 0 saturated carbocycles. The highest BCUT2D eigenvalue weighted by Crippen LogP contribution is 2.06. The molecule has 0 aliphatic carbocycles. The molecule has 52 valence electrons. The fourth-order valence-electron chi connectivity index (χ4n) is 0.836. The molecule has 1 heteroatoms. The molecule has 0 spiro atoms. The molecule has 0 amide bonds. The zero-order valence-electron chi connectivity index (χ0n) is 5.96. The van der Waals surface area contributed by atoms with Gasteiger partial charge >= 0.3 is 0 Å². The van der Waals surface area contributed by atoms with Crippen LogP contribution in [-0.2, 0) is 0 Å². The molecule has 0 unspecified atom stereocenters. The molecule has 0 saturated heterocycles. The lowest BCUT2D eigenvalue weighted by Gasteiger charge is -2.00. The van der Waals surface area contributed by atoms with E-state index in [4.69, 9.17) is 0 Å². The van der Waals surface area contributed by atoms with Gasteiger partial charge in [0.05, 0.1) is 0 Å². The van der Waals surface area contributed by atoms with Gasteiger partial charge in [-0.05, 0) is 6.08 Å². The molecule has 1 nitrogen and oxygen atoms in total. The first kappa shape index (κ1) is 7.03. The normalized spacial score (nSPS) is 12.5. The minimum absolute atomic E-state index is 0.223. The highest BCUT2D eigenvalue weighted by molar-refractivity contribution is 5.19. The van der Waals surface area contributed by atoms with E-state index in [1.54, 1.807) is 0 Å². The number of hydrogen-bond acceptors (Lipinski definition) is 0. The molecule has 1 aromatic carbocycles. The third-order valence-corrected chi connectivity index (χ3v) is 1.51. The van der Waals surface area contributed by atoms with Crippen molar-refractivity contribution in [3.8, 4) is 0 Å². The van der Waals surface area contributed by atoms with E-state index >= 15 is 0 Å². The van der Waals surface area contributed by atoms with Gasteiger partial charge in [-0.3, -0.25) is 0 Å². The van der Waals surface area contributed by atoms with E-state index in [0.29, 0.717) is 0 Å². The molecule has 1 aromatic rings. The van der Waals surface area contributed by atoms with Crippen LogP contribution in [0.2, 0.25) is 0 Å².